The van der Waals surface area contributed by atoms with Crippen LogP contribution >= 0.6 is 0 Å². The van der Waals surface area contributed by atoms with E-state index < -0.39 is 0 Å². The lowest BCUT2D eigenvalue weighted by molar-refractivity contribution is -0.133. The molecule has 0 radical (unpaired) electrons. The Morgan fingerprint density at radius 2 is 1.96 bits per heavy atom. The predicted octanol–water partition coefficient (Wildman–Crippen LogP) is 2.27. The number of aryl methyl sites for hydroxylation is 1. The molecule has 2 aliphatic rings. The molecular weight excluding hydrogens is 290 g/mol. The molecule has 0 bridgehead atoms. The minimum Gasteiger partial charge on any atom is -0.344 e. The van der Waals surface area contributed by atoms with Crippen LogP contribution in [0.5, 0.6) is 0 Å². The molecular formula is C17H29N5O. The Kier molecular flexibility index (Phi) is 4.99. The van der Waals surface area contributed by atoms with E-state index in [0.29, 0.717) is 0 Å². The summed E-state index contributed by atoms with van der Waals surface area (Å²) in [4.78, 5) is 20.0. The van der Waals surface area contributed by atoms with Crippen molar-refractivity contribution in [1.29, 1.82) is 0 Å². The maximum absolute atomic E-state index is 13.2. The van der Waals surface area contributed by atoms with Crippen LogP contribution in [0.25, 0.3) is 0 Å². The molecule has 1 amide bonds. The molecule has 1 aliphatic heterocycles. The summed E-state index contributed by atoms with van der Waals surface area (Å²) in [7, 11) is 0. The van der Waals surface area contributed by atoms with E-state index in [9.17, 15) is 4.79 Å². The summed E-state index contributed by atoms with van der Waals surface area (Å²) in [6, 6.07) is -0.0509. The van der Waals surface area contributed by atoms with Gasteiger partial charge in [-0.2, -0.15) is 5.10 Å². The van der Waals surface area contributed by atoms with Crippen molar-refractivity contribution >= 4 is 5.91 Å². The van der Waals surface area contributed by atoms with Crippen molar-refractivity contribution in [3.63, 3.8) is 0 Å². The first-order valence-electron chi connectivity index (χ1n) is 9.15. The Labute approximate surface area is 138 Å². The molecule has 1 saturated heterocycles. The molecule has 23 heavy (non-hydrogen) atoms. The standard InChI is InChI=1S/C17H29N5O/c1-3-14(15-18-13-19-22(15)4-2)20-16(23)17(9-5-6-10-17)21-11-7-8-12-21/h13-14H,3-12H2,1-2H3,(H,20,23). The quantitative estimate of drug-likeness (QED) is 0.874. The molecule has 1 aliphatic carbocycles. The fourth-order valence-electron chi connectivity index (χ4n) is 4.22. The monoisotopic (exact) mass is 319 g/mol. The van der Waals surface area contributed by atoms with Gasteiger partial charge in [-0.25, -0.2) is 9.67 Å². The van der Waals surface area contributed by atoms with Crippen LogP contribution in [-0.2, 0) is 11.3 Å². The number of aromatic nitrogens is 3. The number of nitrogens with zero attached hydrogens (tertiary/aromatic N) is 4. The summed E-state index contributed by atoms with van der Waals surface area (Å²) < 4.78 is 1.88. The SMILES string of the molecule is CCC(NC(=O)C1(N2CCCC2)CCCC1)c1ncnn1CC. The molecule has 1 N–H and O–H groups in total. The predicted molar refractivity (Wildman–Crippen MR) is 88.9 cm³/mol. The van der Waals surface area contributed by atoms with E-state index in [1.807, 2.05) is 4.68 Å². The lowest BCUT2D eigenvalue weighted by Gasteiger charge is -2.38. The van der Waals surface area contributed by atoms with Crippen molar-refractivity contribution in [3.8, 4) is 0 Å². The highest BCUT2D eigenvalue weighted by Crippen LogP contribution is 2.38. The second kappa shape index (κ2) is 6.99. The van der Waals surface area contributed by atoms with Gasteiger partial charge in [0.05, 0.1) is 6.04 Å². The van der Waals surface area contributed by atoms with E-state index in [1.54, 1.807) is 6.33 Å². The van der Waals surface area contributed by atoms with Crippen molar-refractivity contribution in [3.05, 3.63) is 12.2 Å². The van der Waals surface area contributed by atoms with Crippen LogP contribution in [0.3, 0.4) is 0 Å². The summed E-state index contributed by atoms with van der Waals surface area (Å²) in [6.45, 7) is 7.05. The Morgan fingerprint density at radius 3 is 2.57 bits per heavy atom. The number of amides is 1. The second-order valence-electron chi connectivity index (χ2n) is 6.80. The molecule has 1 unspecified atom stereocenters. The average molecular weight is 319 g/mol. The molecule has 1 aromatic rings. The summed E-state index contributed by atoms with van der Waals surface area (Å²) in [5.74, 6) is 1.08. The molecule has 0 aromatic carbocycles. The third kappa shape index (κ3) is 3.01. The molecule has 1 saturated carbocycles. The van der Waals surface area contributed by atoms with Crippen molar-refractivity contribution in [2.45, 2.75) is 76.9 Å². The summed E-state index contributed by atoms with van der Waals surface area (Å²) >= 11 is 0. The number of hydrogen-bond donors (Lipinski definition) is 1. The van der Waals surface area contributed by atoms with Crippen molar-refractivity contribution in [2.75, 3.05) is 13.1 Å². The van der Waals surface area contributed by atoms with Gasteiger partial charge in [0.2, 0.25) is 5.91 Å². The van der Waals surface area contributed by atoms with Crippen molar-refractivity contribution < 1.29 is 4.79 Å². The number of likely N-dealkylation sites (tertiary alicyclic amines) is 1. The topological polar surface area (TPSA) is 63.1 Å². The van der Waals surface area contributed by atoms with Gasteiger partial charge in [0.15, 0.2) is 0 Å². The highest BCUT2D eigenvalue weighted by Gasteiger charge is 2.47. The number of hydrogen-bond acceptors (Lipinski definition) is 4. The van der Waals surface area contributed by atoms with E-state index >= 15 is 0 Å². The summed E-state index contributed by atoms with van der Waals surface area (Å²) in [6.07, 6.45) is 9.16. The van der Waals surface area contributed by atoms with Gasteiger partial charge in [0.1, 0.15) is 17.7 Å². The molecule has 2 heterocycles. The van der Waals surface area contributed by atoms with Gasteiger partial charge >= 0.3 is 0 Å². The molecule has 2 fully saturated rings. The van der Waals surface area contributed by atoms with Crippen LogP contribution in [0, 0.1) is 0 Å². The van der Waals surface area contributed by atoms with Crippen LogP contribution in [-0.4, -0.2) is 44.2 Å². The van der Waals surface area contributed by atoms with Gasteiger partial charge in [0, 0.05) is 6.54 Å². The maximum Gasteiger partial charge on any atom is 0.241 e. The third-order valence-electron chi connectivity index (χ3n) is 5.54. The fraction of sp³-hybridized carbons (Fsp3) is 0.824. The van der Waals surface area contributed by atoms with Crippen LogP contribution < -0.4 is 5.32 Å². The maximum atomic E-state index is 13.2. The number of carbonyl (C=O) groups is 1. The van der Waals surface area contributed by atoms with E-state index in [4.69, 9.17) is 0 Å². The van der Waals surface area contributed by atoms with E-state index in [0.717, 1.165) is 57.6 Å². The minimum atomic E-state index is -0.277. The Morgan fingerprint density at radius 1 is 1.26 bits per heavy atom. The number of nitrogens with one attached hydrogen (secondary N) is 1. The number of rotatable bonds is 6. The first-order chi connectivity index (χ1) is 11.2. The van der Waals surface area contributed by atoms with Crippen molar-refractivity contribution in [2.24, 2.45) is 0 Å². The van der Waals surface area contributed by atoms with E-state index in [2.05, 4.69) is 34.1 Å². The fourth-order valence-corrected chi connectivity index (χ4v) is 4.22. The van der Waals surface area contributed by atoms with Gasteiger partial charge in [-0.15, -0.1) is 0 Å². The zero-order valence-corrected chi connectivity index (χ0v) is 14.4. The molecule has 3 rings (SSSR count). The van der Waals surface area contributed by atoms with Gasteiger partial charge in [-0.05, 0) is 52.1 Å². The molecule has 6 heteroatoms. The summed E-state index contributed by atoms with van der Waals surface area (Å²) in [5, 5.41) is 7.55. The Hall–Kier alpha value is -1.43. The first kappa shape index (κ1) is 16.4. The minimum absolute atomic E-state index is 0.0509. The summed E-state index contributed by atoms with van der Waals surface area (Å²) in [5.41, 5.74) is -0.277. The zero-order chi connectivity index (χ0) is 16.3. The van der Waals surface area contributed by atoms with Gasteiger partial charge in [0.25, 0.3) is 0 Å². The van der Waals surface area contributed by atoms with Crippen LogP contribution in [0.15, 0.2) is 6.33 Å². The van der Waals surface area contributed by atoms with Crippen LogP contribution in [0.4, 0.5) is 0 Å². The van der Waals surface area contributed by atoms with Crippen molar-refractivity contribution in [1.82, 2.24) is 25.0 Å². The highest BCUT2D eigenvalue weighted by atomic mass is 16.2. The highest BCUT2D eigenvalue weighted by molar-refractivity contribution is 5.87. The smallest absolute Gasteiger partial charge is 0.241 e. The van der Waals surface area contributed by atoms with Gasteiger partial charge < -0.3 is 5.32 Å². The zero-order valence-electron chi connectivity index (χ0n) is 14.4. The Balaban J connectivity index is 1.77. The van der Waals surface area contributed by atoms with Crippen LogP contribution in [0.2, 0.25) is 0 Å². The third-order valence-corrected chi connectivity index (χ3v) is 5.54. The van der Waals surface area contributed by atoms with E-state index in [-0.39, 0.29) is 17.5 Å². The molecule has 1 aromatic heterocycles. The molecule has 1 atom stereocenters. The first-order valence-corrected chi connectivity index (χ1v) is 9.15. The molecule has 128 valence electrons. The second-order valence-corrected chi connectivity index (χ2v) is 6.80. The lowest BCUT2D eigenvalue weighted by Crippen LogP contribution is -2.57. The van der Waals surface area contributed by atoms with Gasteiger partial charge in [-0.1, -0.05) is 19.8 Å². The lowest BCUT2D eigenvalue weighted by atomic mass is 9.93. The normalized spacial score (nSPS) is 22.3. The largest absolute Gasteiger partial charge is 0.344 e. The van der Waals surface area contributed by atoms with Crippen LogP contribution in [0.1, 0.15) is 70.7 Å². The molecule has 6 nitrogen and oxygen atoms in total. The Bertz CT molecular complexity index is 529. The van der Waals surface area contributed by atoms with Gasteiger partial charge in [-0.3, -0.25) is 9.69 Å². The number of carbonyl (C=O) groups excluding carboxylic acids is 1. The van der Waals surface area contributed by atoms with E-state index in [1.165, 1.54) is 12.8 Å². The average Bonchev–Trinajstić information content (AvgIpc) is 3.33. The molecule has 0 spiro atoms.